The van der Waals surface area contributed by atoms with Crippen molar-refractivity contribution in [2.24, 2.45) is 0 Å². The van der Waals surface area contributed by atoms with Gasteiger partial charge in [-0.1, -0.05) is 0 Å². The van der Waals surface area contributed by atoms with Crippen LogP contribution in [0.15, 0.2) is 0 Å². The van der Waals surface area contributed by atoms with Crippen LogP contribution in [0.4, 0.5) is 0 Å². The smallest absolute Gasteiger partial charge is 0.221 e. The summed E-state index contributed by atoms with van der Waals surface area (Å²) in [6.45, 7) is -2.59. The van der Waals surface area contributed by atoms with Gasteiger partial charge in [0.15, 0.2) is 0 Å². The van der Waals surface area contributed by atoms with Crippen LogP contribution in [0.3, 0.4) is 0 Å². The van der Waals surface area contributed by atoms with Crippen molar-refractivity contribution in [2.75, 3.05) is 26.4 Å². The monoisotopic (exact) mass is 356 g/mol. The largest absolute Gasteiger partial charge is 0.394 e. The molecule has 142 valence electrons. The van der Waals surface area contributed by atoms with E-state index < -0.39 is 81.0 Å². The molecule has 9 atom stereocenters. The summed E-state index contributed by atoms with van der Waals surface area (Å²) in [4.78, 5) is 0. The highest BCUT2D eigenvalue weighted by atomic mass is 16.7. The fourth-order valence-electron chi connectivity index (χ4n) is 2.84. The Morgan fingerprint density at radius 1 is 0.750 bits per heavy atom. The Labute approximate surface area is 137 Å². The first-order valence-electron chi connectivity index (χ1n) is 7.51. The Kier molecular flexibility index (Phi) is 6.50. The van der Waals surface area contributed by atoms with E-state index in [2.05, 4.69) is 0 Å². The summed E-state index contributed by atoms with van der Waals surface area (Å²) in [5, 5.41) is 76.7. The summed E-state index contributed by atoms with van der Waals surface area (Å²) in [6, 6.07) is 0. The number of aliphatic hydroxyl groups excluding tert-OH is 8. The third-order valence-electron chi connectivity index (χ3n) is 4.39. The zero-order valence-electron chi connectivity index (χ0n) is 12.7. The van der Waals surface area contributed by atoms with Crippen LogP contribution in [-0.4, -0.2) is 122 Å². The van der Waals surface area contributed by atoms with Crippen molar-refractivity contribution in [3.8, 4) is 0 Å². The van der Waals surface area contributed by atoms with E-state index in [0.717, 1.165) is 0 Å². The second-order valence-corrected chi connectivity index (χ2v) is 5.92. The number of hydrogen-bond acceptors (Lipinski definition) is 11. The predicted octanol–water partition coefficient (Wildman–Crippen LogP) is -5.35. The van der Waals surface area contributed by atoms with Gasteiger partial charge in [0.25, 0.3) is 0 Å². The summed E-state index contributed by atoms with van der Waals surface area (Å²) in [6.07, 6.45) is -11.4. The maximum Gasteiger partial charge on any atom is 0.221 e. The van der Waals surface area contributed by atoms with E-state index >= 15 is 0 Å². The molecule has 0 aliphatic carbocycles. The quantitative estimate of drug-likeness (QED) is 0.227. The van der Waals surface area contributed by atoms with E-state index in [1.807, 2.05) is 0 Å². The van der Waals surface area contributed by atoms with Crippen molar-refractivity contribution in [3.63, 3.8) is 0 Å². The topological polar surface area (TPSA) is 190 Å². The highest BCUT2D eigenvalue weighted by molar-refractivity contribution is 4.97. The van der Waals surface area contributed by atoms with E-state index in [1.54, 1.807) is 0 Å². The second kappa shape index (κ2) is 7.85. The van der Waals surface area contributed by atoms with E-state index in [0.29, 0.717) is 0 Å². The summed E-state index contributed by atoms with van der Waals surface area (Å²) in [7, 11) is 0. The minimum atomic E-state index is -2.05. The van der Waals surface area contributed by atoms with Crippen molar-refractivity contribution in [2.45, 2.75) is 54.6 Å². The molecular weight excluding hydrogens is 332 g/mol. The van der Waals surface area contributed by atoms with Gasteiger partial charge in [0, 0.05) is 0 Å². The summed E-state index contributed by atoms with van der Waals surface area (Å²) >= 11 is 0. The summed E-state index contributed by atoms with van der Waals surface area (Å²) in [5.74, 6) is -2.05. The fourth-order valence-corrected chi connectivity index (χ4v) is 2.84. The van der Waals surface area contributed by atoms with Crippen molar-refractivity contribution in [1.29, 1.82) is 0 Å². The predicted molar refractivity (Wildman–Crippen MR) is 73.5 cm³/mol. The minimum Gasteiger partial charge on any atom is -0.394 e. The molecule has 11 heteroatoms. The molecule has 2 saturated heterocycles. The van der Waals surface area contributed by atoms with Gasteiger partial charge in [0.1, 0.15) is 55.4 Å². The average Bonchev–Trinajstić information content (AvgIpc) is 2.84. The number of aliphatic hydroxyl groups is 8. The van der Waals surface area contributed by atoms with Gasteiger partial charge in [0.2, 0.25) is 5.79 Å². The third-order valence-corrected chi connectivity index (χ3v) is 4.39. The van der Waals surface area contributed by atoms with Crippen molar-refractivity contribution >= 4 is 0 Å². The summed E-state index contributed by atoms with van der Waals surface area (Å²) in [5.41, 5.74) is 0. The lowest BCUT2D eigenvalue weighted by Gasteiger charge is -2.41. The molecule has 0 saturated carbocycles. The van der Waals surface area contributed by atoms with Crippen molar-refractivity contribution in [1.82, 2.24) is 0 Å². The first kappa shape index (κ1) is 19.9. The molecule has 3 unspecified atom stereocenters. The minimum absolute atomic E-state index is 0.496. The lowest BCUT2D eigenvalue weighted by molar-refractivity contribution is -0.303. The summed E-state index contributed by atoms with van der Waals surface area (Å²) < 4.78 is 15.7. The molecule has 0 aromatic rings. The Morgan fingerprint density at radius 2 is 1.33 bits per heavy atom. The fraction of sp³-hybridized carbons (Fsp3) is 1.00. The first-order chi connectivity index (χ1) is 11.3. The normalized spacial score (nSPS) is 49.5. The standard InChI is InChI=1S/C13H24O11/c14-1-5-8(17)11(20)9(18)7(23-5)3-22-13(4-16)12(21)10(19)6(2-15)24-13/h5-12,14-21H,1-4H2/t5?,6?,7?,8-,9-,10+,11-,12-,13-/m1/s1. The molecule has 0 spiro atoms. The van der Waals surface area contributed by atoms with Crippen LogP contribution < -0.4 is 0 Å². The molecule has 0 radical (unpaired) electrons. The highest BCUT2D eigenvalue weighted by Crippen LogP contribution is 2.33. The SMILES string of the molecule is OCC1OC(CO[C@]2(CO)OC(CO)[C@H](O)[C@H]2O)[C@@H](O)[C@H](O)[C@@H]1O. The van der Waals surface area contributed by atoms with E-state index in [1.165, 1.54) is 0 Å². The molecule has 2 aliphatic heterocycles. The molecule has 2 aliphatic rings. The lowest BCUT2D eigenvalue weighted by atomic mass is 9.95. The van der Waals surface area contributed by atoms with Crippen molar-refractivity contribution in [3.05, 3.63) is 0 Å². The van der Waals surface area contributed by atoms with Gasteiger partial charge in [-0.2, -0.15) is 0 Å². The van der Waals surface area contributed by atoms with Gasteiger partial charge in [0.05, 0.1) is 19.8 Å². The van der Waals surface area contributed by atoms with Gasteiger partial charge in [-0.05, 0) is 0 Å². The van der Waals surface area contributed by atoms with Crippen LogP contribution in [0.25, 0.3) is 0 Å². The molecule has 11 nitrogen and oxygen atoms in total. The van der Waals surface area contributed by atoms with Gasteiger partial charge in [-0.15, -0.1) is 0 Å². The maximum absolute atomic E-state index is 9.99. The zero-order valence-corrected chi connectivity index (χ0v) is 12.7. The number of ether oxygens (including phenoxy) is 3. The zero-order chi connectivity index (χ0) is 18.1. The molecule has 2 heterocycles. The van der Waals surface area contributed by atoms with Crippen LogP contribution in [0.1, 0.15) is 0 Å². The Bertz CT molecular complexity index is 407. The van der Waals surface area contributed by atoms with Gasteiger partial charge >= 0.3 is 0 Å². The van der Waals surface area contributed by atoms with Crippen LogP contribution in [0, 0.1) is 0 Å². The number of rotatable bonds is 6. The van der Waals surface area contributed by atoms with Crippen LogP contribution in [-0.2, 0) is 14.2 Å². The Morgan fingerprint density at radius 3 is 1.83 bits per heavy atom. The van der Waals surface area contributed by atoms with Gasteiger partial charge < -0.3 is 55.1 Å². The molecule has 2 fully saturated rings. The molecule has 0 aromatic carbocycles. The Balaban J connectivity index is 2.05. The van der Waals surface area contributed by atoms with E-state index in [9.17, 15) is 30.6 Å². The molecule has 24 heavy (non-hydrogen) atoms. The molecule has 0 aromatic heterocycles. The van der Waals surface area contributed by atoms with Crippen LogP contribution in [0.5, 0.6) is 0 Å². The molecule has 0 bridgehead atoms. The Hall–Kier alpha value is -0.440. The molecule has 0 amide bonds. The third kappa shape index (κ3) is 3.43. The molecule has 8 N–H and O–H groups in total. The average molecular weight is 356 g/mol. The van der Waals surface area contributed by atoms with Gasteiger partial charge in [-0.3, -0.25) is 0 Å². The highest BCUT2D eigenvalue weighted by Gasteiger charge is 2.56. The molecular formula is C13H24O11. The maximum atomic E-state index is 9.99. The van der Waals surface area contributed by atoms with E-state index in [4.69, 9.17) is 24.4 Å². The van der Waals surface area contributed by atoms with Crippen molar-refractivity contribution < 1.29 is 55.1 Å². The first-order valence-corrected chi connectivity index (χ1v) is 7.51. The van der Waals surface area contributed by atoms with Gasteiger partial charge in [-0.25, -0.2) is 0 Å². The second-order valence-electron chi connectivity index (χ2n) is 5.92. The number of hydrogen-bond donors (Lipinski definition) is 8. The van der Waals surface area contributed by atoms with Crippen LogP contribution >= 0.6 is 0 Å². The molecule has 2 rings (SSSR count). The van der Waals surface area contributed by atoms with E-state index in [-0.39, 0.29) is 0 Å². The lowest BCUT2D eigenvalue weighted by Crippen LogP contribution is -2.60. The van der Waals surface area contributed by atoms with Crippen LogP contribution in [0.2, 0.25) is 0 Å².